The predicted octanol–water partition coefficient (Wildman–Crippen LogP) is 1.12. The minimum atomic E-state index is -0.950. The summed E-state index contributed by atoms with van der Waals surface area (Å²) < 4.78 is 25.1. The van der Waals surface area contributed by atoms with Gasteiger partial charge in [0.05, 0.1) is 6.54 Å². The number of hydrogen-bond acceptors (Lipinski definition) is 3. The molecule has 0 saturated heterocycles. The van der Waals surface area contributed by atoms with Gasteiger partial charge in [-0.15, -0.1) is 0 Å². The third-order valence-corrected chi connectivity index (χ3v) is 1.52. The minimum absolute atomic E-state index is 0.0465. The Hall–Kier alpha value is -1.85. The molecule has 0 aromatic heterocycles. The average molecular weight is 201 g/mol. The molecule has 1 rings (SSSR count). The molecular formula is C8H9F2N3O. The van der Waals surface area contributed by atoms with Crippen LogP contribution < -0.4 is 11.1 Å². The van der Waals surface area contributed by atoms with Crippen LogP contribution in [0.5, 0.6) is 0 Å². The maximum atomic E-state index is 12.7. The van der Waals surface area contributed by atoms with E-state index in [1.54, 1.807) is 0 Å². The average Bonchev–Trinajstić information content (AvgIpc) is 2.19. The van der Waals surface area contributed by atoms with Crippen LogP contribution in [0.25, 0.3) is 0 Å². The first kappa shape index (κ1) is 10.2. The van der Waals surface area contributed by atoms with Crippen LogP contribution in [0.15, 0.2) is 23.4 Å². The summed E-state index contributed by atoms with van der Waals surface area (Å²) >= 11 is 0. The summed E-state index contributed by atoms with van der Waals surface area (Å²) in [6.07, 6.45) is 0. The zero-order valence-electron chi connectivity index (χ0n) is 7.17. The lowest BCUT2D eigenvalue weighted by atomic mass is 10.3. The number of nitrogens with one attached hydrogen (secondary N) is 1. The molecule has 0 aliphatic carbocycles. The Kier molecular flexibility index (Phi) is 3.22. The number of nitrogens with zero attached hydrogens (tertiary/aromatic N) is 1. The van der Waals surface area contributed by atoms with Gasteiger partial charge >= 0.3 is 0 Å². The number of benzene rings is 1. The Morgan fingerprint density at radius 1 is 1.43 bits per heavy atom. The number of anilines is 1. The van der Waals surface area contributed by atoms with Gasteiger partial charge in [-0.05, 0) is 12.1 Å². The summed E-state index contributed by atoms with van der Waals surface area (Å²) in [5.74, 6) is -1.91. The number of hydrogen-bond donors (Lipinski definition) is 3. The molecule has 0 saturated carbocycles. The summed E-state index contributed by atoms with van der Waals surface area (Å²) in [7, 11) is 0. The van der Waals surface area contributed by atoms with Crippen LogP contribution in [0.2, 0.25) is 0 Å². The first-order valence-corrected chi connectivity index (χ1v) is 3.79. The van der Waals surface area contributed by atoms with Crippen LogP contribution >= 0.6 is 0 Å². The van der Waals surface area contributed by atoms with E-state index in [-0.39, 0.29) is 12.4 Å². The van der Waals surface area contributed by atoms with E-state index in [4.69, 9.17) is 10.9 Å². The molecule has 14 heavy (non-hydrogen) atoms. The third-order valence-electron chi connectivity index (χ3n) is 1.52. The molecule has 0 unspecified atom stereocenters. The van der Waals surface area contributed by atoms with Crippen LogP contribution in [0.1, 0.15) is 0 Å². The first-order chi connectivity index (χ1) is 6.63. The molecule has 0 radical (unpaired) electrons. The second-order valence-electron chi connectivity index (χ2n) is 2.57. The minimum Gasteiger partial charge on any atom is -0.409 e. The normalized spacial score (nSPS) is 11.4. The van der Waals surface area contributed by atoms with Crippen molar-refractivity contribution in [1.82, 2.24) is 0 Å². The zero-order valence-corrected chi connectivity index (χ0v) is 7.17. The summed E-state index contributed by atoms with van der Waals surface area (Å²) in [6, 6.07) is 3.33. The smallest absolute Gasteiger partial charge is 0.160 e. The van der Waals surface area contributed by atoms with E-state index in [0.717, 1.165) is 12.1 Å². The van der Waals surface area contributed by atoms with E-state index in [2.05, 4.69) is 10.5 Å². The number of oxime groups is 1. The molecule has 4 nitrogen and oxygen atoms in total. The van der Waals surface area contributed by atoms with Crippen molar-refractivity contribution in [2.45, 2.75) is 0 Å². The number of halogens is 2. The lowest BCUT2D eigenvalue weighted by Crippen LogP contribution is -2.22. The van der Waals surface area contributed by atoms with Crippen molar-refractivity contribution in [2.75, 3.05) is 11.9 Å². The Labute approximate surface area is 79.0 Å². The lowest BCUT2D eigenvalue weighted by Gasteiger charge is -2.04. The molecule has 1 aromatic carbocycles. The molecule has 0 spiro atoms. The van der Waals surface area contributed by atoms with Crippen LogP contribution in [0, 0.1) is 11.6 Å². The van der Waals surface area contributed by atoms with Crippen molar-refractivity contribution in [3.8, 4) is 0 Å². The molecule has 0 atom stereocenters. The molecule has 1 aromatic rings. The highest BCUT2D eigenvalue weighted by atomic mass is 19.2. The first-order valence-electron chi connectivity index (χ1n) is 3.79. The molecule has 0 bridgehead atoms. The van der Waals surface area contributed by atoms with Gasteiger partial charge in [-0.3, -0.25) is 0 Å². The van der Waals surface area contributed by atoms with E-state index < -0.39 is 11.6 Å². The van der Waals surface area contributed by atoms with E-state index in [1.165, 1.54) is 6.07 Å². The predicted molar refractivity (Wildman–Crippen MR) is 48.3 cm³/mol. The van der Waals surface area contributed by atoms with E-state index >= 15 is 0 Å². The standard InChI is InChI=1S/C8H9F2N3O/c9-6-2-1-5(3-7(6)10)12-4-8(11)13-14/h1-3,12,14H,4H2,(H2,11,13). The molecule has 4 N–H and O–H groups in total. The summed E-state index contributed by atoms with van der Waals surface area (Å²) in [6.45, 7) is 0.0571. The third kappa shape index (κ3) is 2.58. The van der Waals surface area contributed by atoms with Crippen molar-refractivity contribution < 1.29 is 14.0 Å². The topological polar surface area (TPSA) is 70.6 Å². The van der Waals surface area contributed by atoms with Gasteiger partial charge in [0, 0.05) is 11.8 Å². The van der Waals surface area contributed by atoms with E-state index in [0.29, 0.717) is 5.69 Å². The highest BCUT2D eigenvalue weighted by molar-refractivity contribution is 5.83. The maximum Gasteiger partial charge on any atom is 0.160 e. The number of amidine groups is 1. The Balaban J connectivity index is 2.64. The second kappa shape index (κ2) is 4.40. The SMILES string of the molecule is NC(CNc1ccc(F)c(F)c1)=NO. The molecule has 76 valence electrons. The fraction of sp³-hybridized carbons (Fsp3) is 0.125. The molecule has 0 aliphatic heterocycles. The van der Waals surface area contributed by atoms with Crippen molar-refractivity contribution in [3.63, 3.8) is 0 Å². The molecule has 0 fully saturated rings. The summed E-state index contributed by atoms with van der Waals surface area (Å²) in [5, 5.41) is 13.5. The van der Waals surface area contributed by atoms with Crippen molar-refractivity contribution in [2.24, 2.45) is 10.9 Å². The fourth-order valence-electron chi connectivity index (χ4n) is 0.834. The van der Waals surface area contributed by atoms with E-state index in [9.17, 15) is 8.78 Å². The van der Waals surface area contributed by atoms with Crippen molar-refractivity contribution >= 4 is 11.5 Å². The second-order valence-corrected chi connectivity index (χ2v) is 2.57. The maximum absolute atomic E-state index is 12.7. The molecule has 0 amide bonds. The van der Waals surface area contributed by atoms with Gasteiger partial charge in [-0.25, -0.2) is 8.78 Å². The largest absolute Gasteiger partial charge is 0.409 e. The van der Waals surface area contributed by atoms with E-state index in [1.807, 2.05) is 0 Å². The quantitative estimate of drug-likeness (QED) is 0.297. The lowest BCUT2D eigenvalue weighted by molar-refractivity contribution is 0.317. The van der Waals surface area contributed by atoms with Gasteiger partial charge in [0.15, 0.2) is 17.5 Å². The van der Waals surface area contributed by atoms with Gasteiger partial charge < -0.3 is 16.3 Å². The van der Waals surface area contributed by atoms with Crippen LogP contribution in [0.3, 0.4) is 0 Å². The van der Waals surface area contributed by atoms with Crippen LogP contribution in [-0.2, 0) is 0 Å². The molecule has 0 heterocycles. The van der Waals surface area contributed by atoms with Gasteiger partial charge in [0.25, 0.3) is 0 Å². The summed E-state index contributed by atoms with van der Waals surface area (Å²) in [4.78, 5) is 0. The van der Waals surface area contributed by atoms with Crippen molar-refractivity contribution in [1.29, 1.82) is 0 Å². The molecule has 6 heteroatoms. The molecular weight excluding hydrogens is 192 g/mol. The van der Waals surface area contributed by atoms with Gasteiger partial charge in [0.1, 0.15) is 0 Å². The fourth-order valence-corrected chi connectivity index (χ4v) is 0.834. The number of rotatable bonds is 3. The summed E-state index contributed by atoms with van der Waals surface area (Å²) in [5.41, 5.74) is 5.52. The van der Waals surface area contributed by atoms with Crippen LogP contribution in [-0.4, -0.2) is 17.6 Å². The number of nitrogens with two attached hydrogens (primary N) is 1. The van der Waals surface area contributed by atoms with Gasteiger partial charge in [-0.2, -0.15) is 0 Å². The Morgan fingerprint density at radius 2 is 2.14 bits per heavy atom. The Bertz CT molecular complexity index is 354. The monoisotopic (exact) mass is 201 g/mol. The van der Waals surface area contributed by atoms with Gasteiger partial charge in [0.2, 0.25) is 0 Å². The Morgan fingerprint density at radius 3 is 2.71 bits per heavy atom. The molecule has 0 aliphatic rings. The van der Waals surface area contributed by atoms with Gasteiger partial charge in [-0.1, -0.05) is 5.16 Å². The highest BCUT2D eigenvalue weighted by Crippen LogP contribution is 2.12. The highest BCUT2D eigenvalue weighted by Gasteiger charge is 2.02. The van der Waals surface area contributed by atoms with Crippen LogP contribution in [0.4, 0.5) is 14.5 Å². The van der Waals surface area contributed by atoms with Crippen molar-refractivity contribution in [3.05, 3.63) is 29.8 Å². The zero-order chi connectivity index (χ0) is 10.6.